The molecule has 0 aliphatic carbocycles. The first kappa shape index (κ1) is 23.9. The molecule has 0 atom stereocenters. The summed E-state index contributed by atoms with van der Waals surface area (Å²) in [5.41, 5.74) is 2.18. The lowest BCUT2D eigenvalue weighted by molar-refractivity contribution is -0.0498. The van der Waals surface area contributed by atoms with E-state index >= 15 is 0 Å². The fourth-order valence-corrected chi connectivity index (χ4v) is 3.82. The SMILES string of the molecule is CN(Cc1ccc(OC(F)F)cc1)C(=O)c1ccc(NS(=O)(=O)C=Cc2ccccc2)cc1. The minimum atomic E-state index is -3.72. The van der Waals surface area contributed by atoms with E-state index in [4.69, 9.17) is 0 Å². The number of rotatable bonds is 9. The highest BCUT2D eigenvalue weighted by atomic mass is 32.2. The number of benzene rings is 3. The summed E-state index contributed by atoms with van der Waals surface area (Å²) in [5, 5.41) is 1.08. The van der Waals surface area contributed by atoms with Crippen LogP contribution in [0.15, 0.2) is 84.3 Å². The van der Waals surface area contributed by atoms with E-state index < -0.39 is 16.6 Å². The lowest BCUT2D eigenvalue weighted by Gasteiger charge is -2.18. The molecule has 3 aromatic carbocycles. The summed E-state index contributed by atoms with van der Waals surface area (Å²) in [5.74, 6) is -0.235. The number of ether oxygens (including phenoxy) is 1. The van der Waals surface area contributed by atoms with Crippen molar-refractivity contribution in [2.24, 2.45) is 0 Å². The zero-order valence-electron chi connectivity index (χ0n) is 17.7. The molecule has 0 aliphatic rings. The van der Waals surface area contributed by atoms with E-state index in [0.29, 0.717) is 11.3 Å². The van der Waals surface area contributed by atoms with E-state index in [1.54, 1.807) is 31.3 Å². The predicted molar refractivity (Wildman–Crippen MR) is 123 cm³/mol. The van der Waals surface area contributed by atoms with Gasteiger partial charge in [-0.05, 0) is 53.6 Å². The van der Waals surface area contributed by atoms with Gasteiger partial charge in [-0.25, -0.2) is 8.42 Å². The Labute approximate surface area is 191 Å². The van der Waals surface area contributed by atoms with Gasteiger partial charge in [0.25, 0.3) is 15.9 Å². The highest BCUT2D eigenvalue weighted by Gasteiger charge is 2.13. The monoisotopic (exact) mass is 472 g/mol. The van der Waals surface area contributed by atoms with Crippen LogP contribution in [-0.4, -0.2) is 32.9 Å². The van der Waals surface area contributed by atoms with Crippen LogP contribution in [0.1, 0.15) is 21.5 Å². The van der Waals surface area contributed by atoms with Crippen LogP contribution in [0.25, 0.3) is 6.08 Å². The summed E-state index contributed by atoms with van der Waals surface area (Å²) in [6.07, 6.45) is 1.49. The van der Waals surface area contributed by atoms with E-state index in [1.165, 1.54) is 47.4 Å². The largest absolute Gasteiger partial charge is 0.435 e. The van der Waals surface area contributed by atoms with Gasteiger partial charge < -0.3 is 9.64 Å². The van der Waals surface area contributed by atoms with Crippen LogP contribution < -0.4 is 9.46 Å². The van der Waals surface area contributed by atoms with E-state index in [0.717, 1.165) is 16.5 Å². The number of alkyl halides is 2. The van der Waals surface area contributed by atoms with Gasteiger partial charge in [-0.15, -0.1) is 0 Å². The number of hydrogen-bond acceptors (Lipinski definition) is 4. The van der Waals surface area contributed by atoms with Crippen LogP contribution in [0.2, 0.25) is 0 Å². The predicted octanol–water partition coefficient (Wildman–Crippen LogP) is 4.97. The Kier molecular flexibility index (Phi) is 7.78. The van der Waals surface area contributed by atoms with Crippen LogP contribution in [-0.2, 0) is 16.6 Å². The zero-order valence-corrected chi connectivity index (χ0v) is 18.5. The molecule has 0 aliphatic heterocycles. The Morgan fingerprint density at radius 3 is 2.24 bits per heavy atom. The molecule has 0 saturated heterocycles. The van der Waals surface area contributed by atoms with Crippen molar-refractivity contribution in [3.05, 3.63) is 101 Å². The molecule has 0 heterocycles. The maximum absolute atomic E-state index is 12.7. The molecule has 0 unspecified atom stereocenters. The molecule has 0 spiro atoms. The maximum Gasteiger partial charge on any atom is 0.387 e. The molecule has 0 radical (unpaired) electrons. The van der Waals surface area contributed by atoms with Gasteiger partial charge in [-0.1, -0.05) is 42.5 Å². The lowest BCUT2D eigenvalue weighted by atomic mass is 10.1. The van der Waals surface area contributed by atoms with Crippen molar-refractivity contribution in [1.82, 2.24) is 4.90 Å². The van der Waals surface area contributed by atoms with Gasteiger partial charge in [-0.3, -0.25) is 9.52 Å². The Hall–Kier alpha value is -3.72. The van der Waals surface area contributed by atoms with Crippen LogP contribution in [0.4, 0.5) is 14.5 Å². The summed E-state index contributed by atoms with van der Waals surface area (Å²) in [7, 11) is -2.11. The summed E-state index contributed by atoms with van der Waals surface area (Å²) < 4.78 is 55.7. The molecule has 0 aromatic heterocycles. The molecule has 0 fully saturated rings. The van der Waals surface area contributed by atoms with Crippen molar-refractivity contribution >= 4 is 27.7 Å². The smallest absolute Gasteiger partial charge is 0.387 e. The second-order valence-electron chi connectivity index (χ2n) is 7.12. The average molecular weight is 473 g/mol. The van der Waals surface area contributed by atoms with Crippen LogP contribution in [0.3, 0.4) is 0 Å². The fraction of sp³-hybridized carbons (Fsp3) is 0.125. The summed E-state index contributed by atoms with van der Waals surface area (Å²) in [4.78, 5) is 14.1. The first-order chi connectivity index (χ1) is 15.7. The van der Waals surface area contributed by atoms with Crippen LogP contribution >= 0.6 is 0 Å². The molecule has 9 heteroatoms. The number of hydrogen-bond donors (Lipinski definition) is 1. The number of amides is 1. The molecule has 1 N–H and O–H groups in total. The van der Waals surface area contributed by atoms with Crippen molar-refractivity contribution in [2.75, 3.05) is 11.8 Å². The van der Waals surface area contributed by atoms with Crippen LogP contribution in [0, 0.1) is 0 Å². The summed E-state index contributed by atoms with van der Waals surface area (Å²) in [6.45, 7) is -2.64. The van der Waals surface area contributed by atoms with Gasteiger partial charge in [0.2, 0.25) is 0 Å². The molecule has 6 nitrogen and oxygen atoms in total. The number of halogens is 2. The number of anilines is 1. The van der Waals surface area contributed by atoms with Crippen molar-refractivity contribution in [3.63, 3.8) is 0 Å². The zero-order chi connectivity index (χ0) is 23.8. The van der Waals surface area contributed by atoms with Gasteiger partial charge in [0, 0.05) is 24.8 Å². The number of carbonyl (C=O) groups is 1. The van der Waals surface area contributed by atoms with E-state index in [9.17, 15) is 22.0 Å². The van der Waals surface area contributed by atoms with E-state index in [1.807, 2.05) is 18.2 Å². The minimum Gasteiger partial charge on any atom is -0.435 e. The fourth-order valence-electron chi connectivity index (χ4n) is 2.95. The van der Waals surface area contributed by atoms with E-state index in [2.05, 4.69) is 9.46 Å². The third kappa shape index (κ3) is 7.43. The second kappa shape index (κ2) is 10.7. The molecule has 3 rings (SSSR count). The van der Waals surface area contributed by atoms with Gasteiger partial charge in [0.1, 0.15) is 5.75 Å². The van der Waals surface area contributed by atoms with E-state index in [-0.39, 0.29) is 18.2 Å². The maximum atomic E-state index is 12.7. The van der Waals surface area contributed by atoms with Gasteiger partial charge in [0.05, 0.1) is 5.41 Å². The van der Waals surface area contributed by atoms with Crippen molar-refractivity contribution in [3.8, 4) is 5.75 Å². The molecule has 3 aromatic rings. The quantitative estimate of drug-likeness (QED) is 0.477. The molecular weight excluding hydrogens is 450 g/mol. The van der Waals surface area contributed by atoms with Gasteiger partial charge in [-0.2, -0.15) is 8.78 Å². The number of nitrogens with zero attached hydrogens (tertiary/aromatic N) is 1. The number of sulfonamides is 1. The number of carbonyl (C=O) groups excluding carboxylic acids is 1. The Morgan fingerprint density at radius 2 is 1.64 bits per heavy atom. The highest BCUT2D eigenvalue weighted by Crippen LogP contribution is 2.18. The van der Waals surface area contributed by atoms with Gasteiger partial charge >= 0.3 is 6.61 Å². The third-order valence-corrected chi connectivity index (χ3v) is 5.56. The summed E-state index contributed by atoms with van der Waals surface area (Å²) in [6, 6.07) is 21.1. The molecule has 33 heavy (non-hydrogen) atoms. The third-order valence-electron chi connectivity index (χ3n) is 4.55. The minimum absolute atomic E-state index is 0.0411. The topological polar surface area (TPSA) is 75.7 Å². The van der Waals surface area contributed by atoms with Crippen LogP contribution in [0.5, 0.6) is 5.75 Å². The van der Waals surface area contributed by atoms with Crippen molar-refractivity contribution < 1.29 is 26.7 Å². The molecule has 172 valence electrons. The first-order valence-electron chi connectivity index (χ1n) is 9.87. The second-order valence-corrected chi connectivity index (χ2v) is 8.69. The standard InChI is InChI=1S/C24H22F2N2O4S/c1-28(17-19-7-13-22(14-8-19)32-24(25)26)23(29)20-9-11-21(12-10-20)27-33(30,31)16-15-18-5-3-2-4-6-18/h2-16,24,27H,17H2,1H3. The normalized spacial score (nSPS) is 11.5. The lowest BCUT2D eigenvalue weighted by Crippen LogP contribution is -2.26. The van der Waals surface area contributed by atoms with Crippen molar-refractivity contribution in [1.29, 1.82) is 0 Å². The average Bonchev–Trinajstić information content (AvgIpc) is 2.79. The van der Waals surface area contributed by atoms with Gasteiger partial charge in [0.15, 0.2) is 0 Å². The summed E-state index contributed by atoms with van der Waals surface area (Å²) >= 11 is 0. The number of nitrogens with one attached hydrogen (secondary N) is 1. The molecule has 0 saturated carbocycles. The Morgan fingerprint density at radius 1 is 1.00 bits per heavy atom. The Bertz CT molecular complexity index is 1200. The first-order valence-corrected chi connectivity index (χ1v) is 11.4. The molecule has 0 bridgehead atoms. The highest BCUT2D eigenvalue weighted by molar-refractivity contribution is 7.95. The Balaban J connectivity index is 1.59. The molecular formula is C24H22F2N2O4S. The van der Waals surface area contributed by atoms with Crippen molar-refractivity contribution in [2.45, 2.75) is 13.2 Å². The molecule has 1 amide bonds.